The number of aliphatic imine (C=N–C) groups is 1. The summed E-state index contributed by atoms with van der Waals surface area (Å²) in [4.78, 5) is 6.75. The van der Waals surface area contributed by atoms with Gasteiger partial charge in [-0.3, -0.25) is 0 Å². The van der Waals surface area contributed by atoms with Crippen molar-refractivity contribution in [3.8, 4) is 0 Å². The van der Waals surface area contributed by atoms with Gasteiger partial charge in [0.2, 0.25) is 8.80 Å². The molecule has 1 radical (unpaired) electrons. The van der Waals surface area contributed by atoms with Crippen LogP contribution in [-0.4, -0.2) is 118 Å². The molecule has 0 aliphatic heterocycles. The Balaban J connectivity index is 3.34. The first-order valence-corrected chi connectivity index (χ1v) is 75.9. The summed E-state index contributed by atoms with van der Waals surface area (Å²) in [5.74, 6) is 0. The molecule has 0 amide bonds. The number of hydrogen-bond donors (Lipinski definition) is 0. The SMILES string of the molecule is COC(=Nc1c(C([Si](C)(C)C)[Si](C)(C)C)cc(C([Si](C)(C)C)[Si](C)(C)C)cc1C([Si](C)(C)C)[Si](C)(C)C)[Si](c1c(C)cc(C)cc1C)c1c(C([Si](C)(C)C)[Si](C)(C)C)cc(C([Si](C)(C)C)[Si](C)(C)C)cc1C([Si](C)(C)C)[Si](C)(C)C. The maximum atomic E-state index is 7.58. The minimum Gasteiger partial charge on any atom is -0.488 e. The van der Waals surface area contributed by atoms with Gasteiger partial charge in [-0.1, -0.05) is 289 Å². The standard InChI is InChI=1S/C65H132NOSi13/c1-47-41-48(2)57(49(3)42-47)68(58-54(63(77(29,30)31)78(32,33)34)45-51(60(71(11,12)13)72(14,15)16)46-55(58)64(79(35,36)37)80(38,39)40)65(67-4)66-56-52(61(73(17,18)19)74(20,21)22)43-50(59(69(5,6)7)70(8,9)10)44-53(56)62(75(23,24)25)76(26,27)28/h41-46,59-64H,1-40H3. The maximum absolute atomic E-state index is 7.58. The van der Waals surface area contributed by atoms with E-state index in [0.29, 0.717) is 31.0 Å². The summed E-state index contributed by atoms with van der Waals surface area (Å²) in [5.41, 5.74) is 16.7. The third kappa shape index (κ3) is 17.6. The van der Waals surface area contributed by atoms with Crippen LogP contribution in [0.25, 0.3) is 0 Å². The number of benzene rings is 3. The van der Waals surface area contributed by atoms with E-state index in [1.807, 2.05) is 0 Å². The second kappa shape index (κ2) is 24.5. The molecule has 0 aromatic heterocycles. The fourth-order valence-corrected chi connectivity index (χ4v) is 98.7. The Kier molecular flexibility index (Phi) is 22.7. The molecule has 0 spiro atoms. The van der Waals surface area contributed by atoms with E-state index in [1.54, 1.807) is 38.6 Å². The molecule has 0 N–H and O–H groups in total. The summed E-state index contributed by atoms with van der Waals surface area (Å²) in [6.07, 6.45) is 0. The second-order valence-electron chi connectivity index (χ2n) is 38.9. The smallest absolute Gasteiger partial charge is 0.229 e. The molecule has 0 saturated heterocycles. The quantitative estimate of drug-likeness (QED) is 0.0558. The molecule has 3 aromatic rings. The summed E-state index contributed by atoms with van der Waals surface area (Å²) >= 11 is 0. The highest BCUT2D eigenvalue weighted by Gasteiger charge is 2.51. The normalized spacial score (nSPS) is 15.1. The van der Waals surface area contributed by atoms with Crippen LogP contribution in [0.15, 0.2) is 41.4 Å². The molecular weight excluding hydrogens is 1180 g/mol. The predicted molar refractivity (Wildman–Crippen MR) is 409 cm³/mol. The van der Waals surface area contributed by atoms with Crippen molar-refractivity contribution in [2.45, 2.75) is 287 Å². The zero-order chi connectivity index (χ0) is 63.2. The van der Waals surface area contributed by atoms with Crippen LogP contribution in [-0.2, 0) is 4.74 Å². The lowest BCUT2D eigenvalue weighted by molar-refractivity contribution is 0.413. The summed E-state index contributed by atoms with van der Waals surface area (Å²) in [7, 11) is -21.9. The average molecular weight is 1310 g/mol. The Bertz CT molecular complexity index is 2460. The van der Waals surface area contributed by atoms with E-state index in [1.165, 1.54) is 27.6 Å². The van der Waals surface area contributed by atoms with Crippen LogP contribution in [0, 0.1) is 20.8 Å². The number of aryl methyl sites for hydroxylation is 3. The van der Waals surface area contributed by atoms with Crippen LogP contribution in [0.5, 0.6) is 0 Å². The largest absolute Gasteiger partial charge is 0.488 e. The van der Waals surface area contributed by atoms with Gasteiger partial charge in [0.05, 0.1) is 12.8 Å². The van der Waals surface area contributed by atoms with Crippen LogP contribution in [0.2, 0.25) is 236 Å². The van der Waals surface area contributed by atoms with Crippen molar-refractivity contribution >= 4 is 127 Å². The van der Waals surface area contributed by atoms with Crippen LogP contribution >= 0.6 is 0 Å². The Labute approximate surface area is 513 Å². The summed E-state index contributed by atoms with van der Waals surface area (Å²) in [5, 5.41) is 6.67. The maximum Gasteiger partial charge on any atom is 0.229 e. The molecule has 0 saturated carbocycles. The van der Waals surface area contributed by atoms with Gasteiger partial charge in [-0.05, 0) is 95.5 Å². The predicted octanol–water partition coefficient (Wildman–Crippen LogP) is 21.2. The van der Waals surface area contributed by atoms with Crippen molar-refractivity contribution in [3.05, 3.63) is 86.5 Å². The summed E-state index contributed by atoms with van der Waals surface area (Å²) in [6, 6.07) is 16.7. The molecule has 0 atom stereocenters. The van der Waals surface area contributed by atoms with E-state index < -0.39 is 106 Å². The molecule has 80 heavy (non-hydrogen) atoms. The average Bonchev–Trinajstić information content (AvgIpc) is 3.09. The van der Waals surface area contributed by atoms with Gasteiger partial charge < -0.3 is 4.74 Å². The summed E-state index contributed by atoms with van der Waals surface area (Å²) < 4.78 is 7.58. The van der Waals surface area contributed by atoms with E-state index in [9.17, 15) is 0 Å². The van der Waals surface area contributed by atoms with E-state index >= 15 is 0 Å². The van der Waals surface area contributed by atoms with E-state index in [0.717, 1.165) is 5.52 Å². The molecule has 455 valence electrons. The van der Waals surface area contributed by atoms with E-state index in [2.05, 4.69) is 300 Å². The minimum atomic E-state index is -1.96. The number of nitrogens with zero attached hydrogens (tertiary/aromatic N) is 1. The van der Waals surface area contributed by atoms with Crippen molar-refractivity contribution in [2.75, 3.05) is 7.11 Å². The topological polar surface area (TPSA) is 21.6 Å². The molecule has 3 aromatic carbocycles. The summed E-state index contributed by atoms with van der Waals surface area (Å²) in [6.45, 7) is 105. The first-order valence-electron chi connectivity index (χ1n) is 31.5. The van der Waals surface area contributed by atoms with Gasteiger partial charge in [-0.25, -0.2) is 4.99 Å². The van der Waals surface area contributed by atoms with Crippen molar-refractivity contribution in [1.29, 1.82) is 0 Å². The first kappa shape index (κ1) is 74.2. The van der Waals surface area contributed by atoms with Crippen molar-refractivity contribution < 1.29 is 4.74 Å². The number of methoxy groups -OCH3 is 1. The molecule has 0 aliphatic carbocycles. The fourth-order valence-electron chi connectivity index (χ4n) is 18.8. The highest BCUT2D eigenvalue weighted by atomic mass is 28.4. The first-order chi connectivity index (χ1) is 35.0. The van der Waals surface area contributed by atoms with Gasteiger partial charge >= 0.3 is 0 Å². The second-order valence-corrected chi connectivity index (χ2v) is 108. The van der Waals surface area contributed by atoms with Crippen LogP contribution in [0.4, 0.5) is 5.69 Å². The zero-order valence-corrected chi connectivity index (χ0v) is 73.8. The van der Waals surface area contributed by atoms with Gasteiger partial charge in [0, 0.05) is 96.9 Å². The van der Waals surface area contributed by atoms with Crippen LogP contribution in [0.3, 0.4) is 0 Å². The molecule has 0 unspecified atom stereocenters. The number of rotatable bonds is 22. The zero-order valence-electron chi connectivity index (χ0n) is 60.8. The monoisotopic (exact) mass is 1310 g/mol. The Morgan fingerprint density at radius 3 is 0.738 bits per heavy atom. The van der Waals surface area contributed by atoms with Crippen molar-refractivity contribution in [2.24, 2.45) is 4.99 Å². The molecule has 0 fully saturated rings. The molecule has 0 aliphatic rings. The van der Waals surface area contributed by atoms with Gasteiger partial charge in [0.15, 0.2) is 5.52 Å². The fraction of sp³-hybridized carbons (Fsp3) is 0.708. The Morgan fingerprint density at radius 2 is 0.525 bits per heavy atom. The highest BCUT2D eigenvalue weighted by Crippen LogP contribution is 2.51. The molecule has 2 nitrogen and oxygen atoms in total. The Hall–Kier alpha value is -0.0505. The van der Waals surface area contributed by atoms with Crippen LogP contribution < -0.4 is 10.4 Å². The molecule has 15 heteroatoms. The molecular formula is C65H132NOSi13. The minimum absolute atomic E-state index is 0.522. The molecule has 0 bridgehead atoms. The van der Waals surface area contributed by atoms with Gasteiger partial charge in [0.25, 0.3) is 0 Å². The lowest BCUT2D eigenvalue weighted by Gasteiger charge is -2.47. The highest BCUT2D eigenvalue weighted by molar-refractivity contribution is 7.10. The Morgan fingerprint density at radius 1 is 0.312 bits per heavy atom. The lowest BCUT2D eigenvalue weighted by Crippen LogP contribution is -2.60. The molecule has 3 rings (SSSR count). The van der Waals surface area contributed by atoms with E-state index in [4.69, 9.17) is 9.73 Å². The van der Waals surface area contributed by atoms with E-state index in [-0.39, 0.29) is 0 Å². The third-order valence-electron chi connectivity index (χ3n) is 17.5. The van der Waals surface area contributed by atoms with Crippen molar-refractivity contribution in [3.63, 3.8) is 0 Å². The van der Waals surface area contributed by atoms with Crippen LogP contribution in [0.1, 0.15) is 81.1 Å². The lowest BCUT2D eigenvalue weighted by atomic mass is 10.0. The van der Waals surface area contributed by atoms with Gasteiger partial charge in [0.1, 0.15) is 0 Å². The van der Waals surface area contributed by atoms with Gasteiger partial charge in [-0.2, -0.15) is 0 Å². The third-order valence-corrected chi connectivity index (χ3v) is 76.4. The molecule has 0 heterocycles. The number of hydrogen-bond acceptors (Lipinski definition) is 2. The number of ether oxygens (including phenoxy) is 1. The van der Waals surface area contributed by atoms with Crippen molar-refractivity contribution in [1.82, 2.24) is 0 Å². The van der Waals surface area contributed by atoms with Gasteiger partial charge in [-0.15, -0.1) is 0 Å².